The van der Waals surface area contributed by atoms with Crippen molar-refractivity contribution >= 4 is 15.5 Å². The van der Waals surface area contributed by atoms with Gasteiger partial charge in [-0.25, -0.2) is 8.42 Å². The third kappa shape index (κ3) is 4.84. The van der Waals surface area contributed by atoms with Gasteiger partial charge < -0.3 is 10.2 Å². The smallest absolute Gasteiger partial charge is 0.178 e. The third-order valence-corrected chi connectivity index (χ3v) is 4.77. The molecule has 108 valence electrons. The van der Waals surface area contributed by atoms with Crippen LogP contribution in [0.1, 0.15) is 20.8 Å². The fraction of sp³-hybridized carbons (Fsp3) is 0.571. The van der Waals surface area contributed by atoms with Crippen LogP contribution in [0.15, 0.2) is 29.2 Å². The molecule has 0 saturated carbocycles. The number of rotatable bonds is 7. The van der Waals surface area contributed by atoms with Crippen LogP contribution >= 0.6 is 0 Å². The van der Waals surface area contributed by atoms with Crippen LogP contribution in [0.2, 0.25) is 0 Å². The van der Waals surface area contributed by atoms with Gasteiger partial charge in [0, 0.05) is 31.9 Å². The number of nitrogens with one attached hydrogen (secondary N) is 1. The summed E-state index contributed by atoms with van der Waals surface area (Å²) in [7, 11) is -1.09. The van der Waals surface area contributed by atoms with Gasteiger partial charge in [0.25, 0.3) is 0 Å². The first-order chi connectivity index (χ1) is 8.86. The first kappa shape index (κ1) is 16.0. The van der Waals surface area contributed by atoms with Crippen molar-refractivity contribution < 1.29 is 8.42 Å². The predicted octanol–water partition coefficient (Wildman–Crippen LogP) is 1.91. The lowest BCUT2D eigenvalue weighted by Gasteiger charge is -2.20. The topological polar surface area (TPSA) is 49.4 Å². The second-order valence-corrected chi connectivity index (χ2v) is 7.21. The summed E-state index contributed by atoms with van der Waals surface area (Å²) < 4.78 is 23.4. The zero-order chi connectivity index (χ0) is 14.5. The molecule has 0 radical (unpaired) electrons. The molecule has 0 fully saturated rings. The molecule has 0 spiro atoms. The zero-order valence-electron chi connectivity index (χ0n) is 12.2. The van der Waals surface area contributed by atoms with Crippen molar-refractivity contribution in [3.8, 4) is 0 Å². The highest BCUT2D eigenvalue weighted by Crippen LogP contribution is 2.17. The van der Waals surface area contributed by atoms with Crippen LogP contribution in [0, 0.1) is 0 Å². The monoisotopic (exact) mass is 284 g/mol. The standard InChI is InChI=1S/C14H24N2O2S/c1-5-19(17,18)14-8-6-13(7-9-14)16(4)11-10-15-12(2)3/h6-9,12,15H,5,10-11H2,1-4H3. The molecule has 0 atom stereocenters. The second-order valence-electron chi connectivity index (χ2n) is 4.93. The van der Waals surface area contributed by atoms with Crippen molar-refractivity contribution in [2.45, 2.75) is 31.7 Å². The van der Waals surface area contributed by atoms with Gasteiger partial charge in [-0.15, -0.1) is 0 Å². The molecule has 1 rings (SSSR count). The Hall–Kier alpha value is -1.07. The third-order valence-electron chi connectivity index (χ3n) is 3.02. The summed E-state index contributed by atoms with van der Waals surface area (Å²) in [6.07, 6.45) is 0. The molecule has 5 heteroatoms. The average Bonchev–Trinajstić information content (AvgIpc) is 2.38. The van der Waals surface area contributed by atoms with Gasteiger partial charge in [0.15, 0.2) is 9.84 Å². The number of hydrogen-bond donors (Lipinski definition) is 1. The Balaban J connectivity index is 2.66. The molecule has 1 N–H and O–H groups in total. The molecule has 0 unspecified atom stereocenters. The summed E-state index contributed by atoms with van der Waals surface area (Å²) >= 11 is 0. The molecular formula is C14H24N2O2S. The lowest BCUT2D eigenvalue weighted by atomic mass is 10.3. The van der Waals surface area contributed by atoms with Gasteiger partial charge in [-0.1, -0.05) is 20.8 Å². The van der Waals surface area contributed by atoms with Crippen molar-refractivity contribution in [3.05, 3.63) is 24.3 Å². The van der Waals surface area contributed by atoms with E-state index in [9.17, 15) is 8.42 Å². The Morgan fingerprint density at radius 1 is 1.21 bits per heavy atom. The maximum Gasteiger partial charge on any atom is 0.178 e. The van der Waals surface area contributed by atoms with Crippen LogP contribution < -0.4 is 10.2 Å². The molecule has 0 heterocycles. The van der Waals surface area contributed by atoms with Crippen LogP contribution in [0.4, 0.5) is 5.69 Å². The van der Waals surface area contributed by atoms with Gasteiger partial charge >= 0.3 is 0 Å². The summed E-state index contributed by atoms with van der Waals surface area (Å²) in [4.78, 5) is 2.50. The normalized spacial score (nSPS) is 11.8. The summed E-state index contributed by atoms with van der Waals surface area (Å²) in [6.45, 7) is 7.68. The molecule has 0 aliphatic carbocycles. The Morgan fingerprint density at radius 2 is 1.79 bits per heavy atom. The number of nitrogens with zero attached hydrogens (tertiary/aromatic N) is 1. The van der Waals surface area contributed by atoms with E-state index >= 15 is 0 Å². The van der Waals surface area contributed by atoms with Crippen molar-refractivity contribution in [3.63, 3.8) is 0 Å². The first-order valence-corrected chi connectivity index (χ1v) is 8.29. The van der Waals surface area contributed by atoms with Gasteiger partial charge in [0.2, 0.25) is 0 Å². The SMILES string of the molecule is CCS(=O)(=O)c1ccc(N(C)CCNC(C)C)cc1. The number of sulfone groups is 1. The van der Waals surface area contributed by atoms with E-state index in [1.165, 1.54) is 0 Å². The fourth-order valence-corrected chi connectivity index (χ4v) is 2.61. The first-order valence-electron chi connectivity index (χ1n) is 6.64. The van der Waals surface area contributed by atoms with Gasteiger partial charge in [0.1, 0.15) is 0 Å². The zero-order valence-corrected chi connectivity index (χ0v) is 13.0. The van der Waals surface area contributed by atoms with Crippen molar-refractivity contribution in [1.29, 1.82) is 0 Å². The molecule has 1 aromatic rings. The van der Waals surface area contributed by atoms with Crippen molar-refractivity contribution in [1.82, 2.24) is 5.32 Å². The molecule has 1 aromatic carbocycles. The second kappa shape index (κ2) is 6.91. The average molecular weight is 284 g/mol. The minimum atomic E-state index is -3.10. The minimum Gasteiger partial charge on any atom is -0.373 e. The van der Waals surface area contributed by atoms with Gasteiger partial charge in [-0.3, -0.25) is 0 Å². The Morgan fingerprint density at radius 3 is 2.26 bits per heavy atom. The Labute approximate surface area is 116 Å². The molecule has 0 amide bonds. The van der Waals surface area contributed by atoms with E-state index in [1.807, 2.05) is 19.2 Å². The van der Waals surface area contributed by atoms with E-state index in [0.29, 0.717) is 10.9 Å². The Kier molecular flexibility index (Phi) is 5.82. The maximum absolute atomic E-state index is 11.7. The highest BCUT2D eigenvalue weighted by Gasteiger charge is 2.11. The Bertz CT molecular complexity index is 481. The largest absolute Gasteiger partial charge is 0.373 e. The van der Waals surface area contributed by atoms with E-state index in [2.05, 4.69) is 24.1 Å². The van der Waals surface area contributed by atoms with E-state index in [0.717, 1.165) is 18.8 Å². The molecule has 4 nitrogen and oxygen atoms in total. The summed E-state index contributed by atoms with van der Waals surface area (Å²) in [5, 5.41) is 3.35. The number of likely N-dealkylation sites (N-methyl/N-ethyl adjacent to an activating group) is 1. The van der Waals surface area contributed by atoms with E-state index in [1.54, 1.807) is 19.1 Å². The fourth-order valence-electron chi connectivity index (χ4n) is 1.72. The lowest BCUT2D eigenvalue weighted by Crippen LogP contribution is -2.32. The highest BCUT2D eigenvalue weighted by atomic mass is 32.2. The summed E-state index contributed by atoms with van der Waals surface area (Å²) in [5.41, 5.74) is 1.03. The summed E-state index contributed by atoms with van der Waals surface area (Å²) in [5.74, 6) is 0.139. The minimum absolute atomic E-state index is 0.139. The van der Waals surface area contributed by atoms with Crippen LogP contribution in [0.3, 0.4) is 0 Å². The van der Waals surface area contributed by atoms with Crippen LogP contribution in [-0.4, -0.2) is 40.3 Å². The number of anilines is 1. The van der Waals surface area contributed by atoms with E-state index in [4.69, 9.17) is 0 Å². The maximum atomic E-state index is 11.7. The van der Waals surface area contributed by atoms with Gasteiger partial charge in [-0.2, -0.15) is 0 Å². The van der Waals surface area contributed by atoms with Crippen molar-refractivity contribution in [2.75, 3.05) is 30.8 Å². The quantitative estimate of drug-likeness (QED) is 0.831. The number of benzene rings is 1. The molecule has 0 aliphatic rings. The van der Waals surface area contributed by atoms with E-state index in [-0.39, 0.29) is 5.75 Å². The molecule has 0 aromatic heterocycles. The lowest BCUT2D eigenvalue weighted by molar-refractivity contribution is 0.589. The molecule has 19 heavy (non-hydrogen) atoms. The van der Waals surface area contributed by atoms with Crippen molar-refractivity contribution in [2.24, 2.45) is 0 Å². The molecule has 0 bridgehead atoms. The molecule has 0 saturated heterocycles. The molecular weight excluding hydrogens is 260 g/mol. The van der Waals surface area contributed by atoms with Gasteiger partial charge in [0.05, 0.1) is 10.6 Å². The van der Waals surface area contributed by atoms with E-state index < -0.39 is 9.84 Å². The van der Waals surface area contributed by atoms with Gasteiger partial charge in [-0.05, 0) is 24.3 Å². The van der Waals surface area contributed by atoms with Crippen LogP contribution in [0.25, 0.3) is 0 Å². The summed E-state index contributed by atoms with van der Waals surface area (Å²) in [6, 6.07) is 7.56. The van der Waals surface area contributed by atoms with Crippen LogP contribution in [0.5, 0.6) is 0 Å². The molecule has 0 aliphatic heterocycles. The van der Waals surface area contributed by atoms with Crippen LogP contribution in [-0.2, 0) is 9.84 Å². The predicted molar refractivity (Wildman–Crippen MR) is 80.6 cm³/mol. The highest BCUT2D eigenvalue weighted by molar-refractivity contribution is 7.91. The number of hydrogen-bond acceptors (Lipinski definition) is 4.